The summed E-state index contributed by atoms with van der Waals surface area (Å²) in [6.07, 6.45) is 1.88. The Bertz CT molecular complexity index is 318. The summed E-state index contributed by atoms with van der Waals surface area (Å²) in [6, 6.07) is 3.12. The second-order valence-corrected chi connectivity index (χ2v) is 1.75. The summed E-state index contributed by atoms with van der Waals surface area (Å²) >= 11 is 0. The molecule has 0 radical (unpaired) electrons. The smallest absolute Gasteiger partial charge is 0.402 e. The van der Waals surface area contributed by atoms with Crippen molar-refractivity contribution in [3.8, 4) is 5.75 Å². The van der Waals surface area contributed by atoms with Crippen molar-refractivity contribution >= 4 is 6.09 Å². The highest BCUT2D eigenvalue weighted by atomic mass is 16.5. The van der Waals surface area contributed by atoms with E-state index in [-0.39, 0.29) is 5.75 Å². The lowest BCUT2D eigenvalue weighted by atomic mass is 10.5. The van der Waals surface area contributed by atoms with E-state index >= 15 is 0 Å². The first-order chi connectivity index (χ1) is 5.83. The zero-order valence-electron chi connectivity index (χ0n) is 5.91. The van der Waals surface area contributed by atoms with Gasteiger partial charge < -0.3 is 4.74 Å². The van der Waals surface area contributed by atoms with E-state index in [2.05, 4.69) is 19.7 Å². The van der Waals surface area contributed by atoms with Crippen LogP contribution in [0, 0.1) is 0 Å². The molecular formula is C6H4N4O2. The molecule has 1 aromatic heterocycles. The molecule has 0 bridgehead atoms. The first kappa shape index (κ1) is 8.03. The molecule has 0 fully saturated rings. The minimum absolute atomic E-state index is 0.245. The van der Waals surface area contributed by atoms with Crippen LogP contribution in [0.15, 0.2) is 29.6 Å². The Morgan fingerprint density at radius 2 is 2.58 bits per heavy atom. The van der Waals surface area contributed by atoms with Crippen molar-refractivity contribution in [1.82, 2.24) is 4.98 Å². The Kier molecular flexibility index (Phi) is 2.64. The molecular weight excluding hydrogens is 160 g/mol. The molecule has 12 heavy (non-hydrogen) atoms. The van der Waals surface area contributed by atoms with Gasteiger partial charge in [0.25, 0.3) is 0 Å². The van der Waals surface area contributed by atoms with E-state index in [1.165, 1.54) is 18.5 Å². The van der Waals surface area contributed by atoms with Crippen LogP contribution in [0.3, 0.4) is 0 Å². The Labute approximate surface area is 67.4 Å². The third-order valence-electron chi connectivity index (χ3n) is 0.966. The lowest BCUT2D eigenvalue weighted by molar-refractivity contribution is 0.210. The third-order valence-corrected chi connectivity index (χ3v) is 0.966. The summed E-state index contributed by atoms with van der Waals surface area (Å²) in [7, 11) is 0. The van der Waals surface area contributed by atoms with Crippen LogP contribution >= 0.6 is 0 Å². The normalized spacial score (nSPS) is 8.33. The highest BCUT2D eigenvalue weighted by molar-refractivity contribution is 5.70. The molecule has 1 aromatic rings. The Balaban J connectivity index is 2.64. The molecule has 1 heterocycles. The SMILES string of the molecule is [N-]=[N+]=NC(=O)Oc1cccnc1. The summed E-state index contributed by atoms with van der Waals surface area (Å²) in [5.41, 5.74) is 7.86. The maximum atomic E-state index is 10.5. The molecule has 0 unspecified atom stereocenters. The molecule has 6 heteroatoms. The number of hydrogen-bond donors (Lipinski definition) is 0. The second kappa shape index (κ2) is 3.95. The predicted octanol–water partition coefficient (Wildman–Crippen LogP) is 1.89. The molecule has 0 saturated heterocycles. The zero-order chi connectivity index (χ0) is 8.81. The number of pyridine rings is 1. The summed E-state index contributed by atoms with van der Waals surface area (Å²) < 4.78 is 4.53. The van der Waals surface area contributed by atoms with Crippen LogP contribution in [0.1, 0.15) is 0 Å². The number of carbonyl (C=O) groups is 1. The molecule has 1 amide bonds. The second-order valence-electron chi connectivity index (χ2n) is 1.75. The minimum atomic E-state index is -0.995. The van der Waals surface area contributed by atoms with Crippen molar-refractivity contribution in [3.05, 3.63) is 35.0 Å². The van der Waals surface area contributed by atoms with E-state index in [0.717, 1.165) is 0 Å². The van der Waals surface area contributed by atoms with Gasteiger partial charge in [-0.3, -0.25) is 4.98 Å². The first-order valence-corrected chi connectivity index (χ1v) is 3.00. The van der Waals surface area contributed by atoms with Crippen molar-refractivity contribution in [2.45, 2.75) is 0 Å². The number of carbonyl (C=O) groups excluding carboxylic acids is 1. The van der Waals surface area contributed by atoms with E-state index < -0.39 is 6.09 Å². The van der Waals surface area contributed by atoms with Gasteiger partial charge in [0.05, 0.1) is 6.20 Å². The van der Waals surface area contributed by atoms with E-state index in [0.29, 0.717) is 0 Å². The van der Waals surface area contributed by atoms with Gasteiger partial charge in [0, 0.05) is 16.2 Å². The molecule has 60 valence electrons. The van der Waals surface area contributed by atoms with Crippen LogP contribution in [0.2, 0.25) is 0 Å². The highest BCUT2D eigenvalue weighted by Crippen LogP contribution is 2.06. The molecule has 6 nitrogen and oxygen atoms in total. The van der Waals surface area contributed by atoms with Gasteiger partial charge in [0.2, 0.25) is 0 Å². The van der Waals surface area contributed by atoms with Gasteiger partial charge in [-0.2, -0.15) is 0 Å². The molecule has 0 aliphatic heterocycles. The predicted molar refractivity (Wildman–Crippen MR) is 39.4 cm³/mol. The molecule has 0 aliphatic carbocycles. The van der Waals surface area contributed by atoms with Crippen molar-refractivity contribution < 1.29 is 9.53 Å². The molecule has 0 atom stereocenters. The number of nitrogens with zero attached hydrogens (tertiary/aromatic N) is 4. The maximum Gasteiger partial charge on any atom is 0.402 e. The summed E-state index contributed by atoms with van der Waals surface area (Å²) in [6.45, 7) is 0. The average Bonchev–Trinajstić information content (AvgIpc) is 2.06. The monoisotopic (exact) mass is 164 g/mol. The molecule has 0 aromatic carbocycles. The van der Waals surface area contributed by atoms with Gasteiger partial charge in [-0.05, 0) is 17.7 Å². The molecule has 0 spiro atoms. The van der Waals surface area contributed by atoms with Gasteiger partial charge in [0.1, 0.15) is 5.75 Å². The molecule has 0 aliphatic rings. The van der Waals surface area contributed by atoms with Crippen molar-refractivity contribution in [3.63, 3.8) is 0 Å². The molecule has 0 N–H and O–H groups in total. The van der Waals surface area contributed by atoms with Gasteiger partial charge >= 0.3 is 6.09 Å². The van der Waals surface area contributed by atoms with Crippen LogP contribution in [-0.2, 0) is 0 Å². The van der Waals surface area contributed by atoms with Gasteiger partial charge in [-0.25, -0.2) is 4.79 Å². The van der Waals surface area contributed by atoms with E-state index in [4.69, 9.17) is 5.53 Å². The number of amides is 1. The van der Waals surface area contributed by atoms with Crippen molar-refractivity contribution in [2.75, 3.05) is 0 Å². The minimum Gasteiger partial charge on any atom is -0.420 e. The number of azide groups is 1. The number of ether oxygens (including phenoxy) is 1. The Morgan fingerprint density at radius 3 is 3.17 bits per heavy atom. The van der Waals surface area contributed by atoms with Crippen molar-refractivity contribution in [2.24, 2.45) is 5.11 Å². The Hall–Kier alpha value is -2.07. The average molecular weight is 164 g/mol. The van der Waals surface area contributed by atoms with Gasteiger partial charge in [-0.1, -0.05) is 0 Å². The topological polar surface area (TPSA) is 88.0 Å². The highest BCUT2D eigenvalue weighted by Gasteiger charge is 1.98. The Morgan fingerprint density at radius 1 is 1.75 bits per heavy atom. The van der Waals surface area contributed by atoms with Gasteiger partial charge in [0.15, 0.2) is 0 Å². The van der Waals surface area contributed by atoms with Crippen LogP contribution < -0.4 is 4.74 Å². The number of rotatable bonds is 1. The van der Waals surface area contributed by atoms with E-state index in [1.807, 2.05) is 0 Å². The standard InChI is InChI=1S/C6H4N4O2/c7-10-9-6(11)12-5-2-1-3-8-4-5/h1-4H. The largest absolute Gasteiger partial charge is 0.420 e. The van der Waals surface area contributed by atoms with Crippen LogP contribution in [0.4, 0.5) is 4.79 Å². The molecule has 0 saturated carbocycles. The molecule has 1 rings (SSSR count). The summed E-state index contributed by atoms with van der Waals surface area (Å²) in [4.78, 5) is 16.5. The zero-order valence-corrected chi connectivity index (χ0v) is 5.91. The van der Waals surface area contributed by atoms with Crippen LogP contribution in [0.25, 0.3) is 10.4 Å². The van der Waals surface area contributed by atoms with E-state index in [1.54, 1.807) is 6.07 Å². The van der Waals surface area contributed by atoms with E-state index in [9.17, 15) is 4.79 Å². The lowest BCUT2D eigenvalue weighted by Crippen LogP contribution is -2.00. The first-order valence-electron chi connectivity index (χ1n) is 3.00. The fourth-order valence-electron chi connectivity index (χ4n) is 0.565. The summed E-state index contributed by atoms with van der Waals surface area (Å²) in [5, 5.41) is 2.71. The third kappa shape index (κ3) is 2.28. The van der Waals surface area contributed by atoms with Crippen molar-refractivity contribution in [1.29, 1.82) is 0 Å². The quantitative estimate of drug-likeness (QED) is 0.360. The van der Waals surface area contributed by atoms with Crippen LogP contribution in [0.5, 0.6) is 5.75 Å². The fourth-order valence-corrected chi connectivity index (χ4v) is 0.565. The maximum absolute atomic E-state index is 10.5. The summed E-state index contributed by atoms with van der Waals surface area (Å²) in [5.74, 6) is 0.245. The fraction of sp³-hybridized carbons (Fsp3) is 0. The lowest BCUT2D eigenvalue weighted by Gasteiger charge is -1.96. The number of aromatic nitrogens is 1. The van der Waals surface area contributed by atoms with Crippen LogP contribution in [-0.4, -0.2) is 11.1 Å². The van der Waals surface area contributed by atoms with Gasteiger partial charge in [-0.15, -0.1) is 0 Å². The number of hydrogen-bond acceptors (Lipinski definition) is 3.